The minimum absolute atomic E-state index is 0.171. The largest absolute Gasteiger partial charge is 0.356 e. The summed E-state index contributed by atoms with van der Waals surface area (Å²) in [6, 6.07) is 7.82. The number of hydrogen-bond acceptors (Lipinski definition) is 3. The van der Waals surface area contributed by atoms with Gasteiger partial charge >= 0.3 is 0 Å². The van der Waals surface area contributed by atoms with Crippen molar-refractivity contribution >= 4 is 11.6 Å². The number of amides is 1. The van der Waals surface area contributed by atoms with Crippen molar-refractivity contribution in [2.45, 2.75) is 12.8 Å². The molecule has 1 aliphatic heterocycles. The minimum atomic E-state index is 0.171. The second-order valence-corrected chi connectivity index (χ2v) is 4.17. The molecule has 0 radical (unpaired) electrons. The van der Waals surface area contributed by atoms with Crippen LogP contribution in [0.15, 0.2) is 35.0 Å². The van der Waals surface area contributed by atoms with Gasteiger partial charge in [0.15, 0.2) is 5.76 Å². The van der Waals surface area contributed by atoms with Crippen molar-refractivity contribution in [3.05, 3.63) is 36.0 Å². The Labute approximate surface area is 98.8 Å². The zero-order valence-electron chi connectivity index (χ0n) is 9.51. The first-order valence-electron chi connectivity index (χ1n) is 5.56. The highest BCUT2D eigenvalue weighted by Crippen LogP contribution is 2.31. The van der Waals surface area contributed by atoms with Gasteiger partial charge in [-0.05, 0) is 30.2 Å². The van der Waals surface area contributed by atoms with E-state index in [0.717, 1.165) is 23.4 Å². The Balaban J connectivity index is 2.06. The first kappa shape index (κ1) is 10.1. The fourth-order valence-electron chi connectivity index (χ4n) is 2.17. The summed E-state index contributed by atoms with van der Waals surface area (Å²) in [6.45, 7) is 0. The van der Waals surface area contributed by atoms with Crippen LogP contribution in [0.3, 0.4) is 0 Å². The van der Waals surface area contributed by atoms with Gasteiger partial charge in [0.05, 0.1) is 6.20 Å². The van der Waals surface area contributed by atoms with Crippen LogP contribution < -0.4 is 4.90 Å². The second kappa shape index (κ2) is 3.73. The van der Waals surface area contributed by atoms with Crippen LogP contribution in [0.25, 0.3) is 11.3 Å². The molecular weight excluding hydrogens is 216 g/mol. The molecule has 1 aromatic carbocycles. The first-order valence-corrected chi connectivity index (χ1v) is 5.56. The summed E-state index contributed by atoms with van der Waals surface area (Å²) in [5.74, 6) is 0.928. The molecule has 2 aromatic rings. The van der Waals surface area contributed by atoms with Crippen molar-refractivity contribution in [2.24, 2.45) is 0 Å². The highest BCUT2D eigenvalue weighted by Gasteiger charge is 2.21. The van der Waals surface area contributed by atoms with Crippen LogP contribution in [-0.2, 0) is 11.2 Å². The molecule has 0 aliphatic carbocycles. The molecule has 0 spiro atoms. The predicted octanol–water partition coefficient (Wildman–Crippen LogP) is 2.25. The summed E-state index contributed by atoms with van der Waals surface area (Å²) in [5.41, 5.74) is 3.18. The summed E-state index contributed by atoms with van der Waals surface area (Å²) in [5, 5.41) is 3.70. The van der Waals surface area contributed by atoms with E-state index in [1.165, 1.54) is 5.56 Å². The molecule has 1 aromatic heterocycles. The summed E-state index contributed by atoms with van der Waals surface area (Å²) in [6.07, 6.45) is 2.99. The quantitative estimate of drug-likeness (QED) is 0.752. The number of anilines is 1. The fourth-order valence-corrected chi connectivity index (χ4v) is 2.17. The molecule has 1 aliphatic rings. The third-order valence-electron chi connectivity index (χ3n) is 3.15. The molecule has 2 heterocycles. The van der Waals surface area contributed by atoms with Crippen molar-refractivity contribution in [3.8, 4) is 11.3 Å². The van der Waals surface area contributed by atoms with E-state index in [2.05, 4.69) is 11.2 Å². The van der Waals surface area contributed by atoms with Crippen molar-refractivity contribution in [1.29, 1.82) is 0 Å². The van der Waals surface area contributed by atoms with E-state index in [1.54, 1.807) is 11.1 Å². The zero-order chi connectivity index (χ0) is 11.8. The Morgan fingerprint density at radius 2 is 2.18 bits per heavy atom. The Morgan fingerprint density at radius 3 is 2.94 bits per heavy atom. The van der Waals surface area contributed by atoms with E-state index in [1.807, 2.05) is 25.2 Å². The van der Waals surface area contributed by atoms with E-state index in [-0.39, 0.29) is 5.91 Å². The van der Waals surface area contributed by atoms with E-state index < -0.39 is 0 Å². The number of benzene rings is 1. The monoisotopic (exact) mass is 228 g/mol. The molecule has 0 saturated carbocycles. The van der Waals surface area contributed by atoms with Gasteiger partial charge in [-0.1, -0.05) is 5.16 Å². The van der Waals surface area contributed by atoms with Crippen LogP contribution in [0.1, 0.15) is 12.0 Å². The topological polar surface area (TPSA) is 46.3 Å². The van der Waals surface area contributed by atoms with Gasteiger partial charge in [0.1, 0.15) is 0 Å². The molecule has 0 saturated heterocycles. The molecule has 86 valence electrons. The van der Waals surface area contributed by atoms with Gasteiger partial charge in [-0.25, -0.2) is 0 Å². The Hall–Kier alpha value is -2.10. The van der Waals surface area contributed by atoms with Crippen LogP contribution in [0.4, 0.5) is 5.69 Å². The molecule has 3 rings (SSSR count). The molecule has 4 nitrogen and oxygen atoms in total. The van der Waals surface area contributed by atoms with E-state index in [0.29, 0.717) is 6.42 Å². The predicted molar refractivity (Wildman–Crippen MR) is 63.7 cm³/mol. The standard InChI is InChI=1S/C13H12N2O2/c1-15-11-4-2-10(12-6-7-14-17-12)8-9(11)3-5-13(15)16/h2,4,6-8H,3,5H2,1H3. The van der Waals surface area contributed by atoms with Gasteiger partial charge in [-0.15, -0.1) is 0 Å². The van der Waals surface area contributed by atoms with Crippen LogP contribution >= 0.6 is 0 Å². The van der Waals surface area contributed by atoms with Crippen molar-refractivity contribution in [1.82, 2.24) is 5.16 Å². The number of carbonyl (C=O) groups excluding carboxylic acids is 1. The van der Waals surface area contributed by atoms with Crippen molar-refractivity contribution in [3.63, 3.8) is 0 Å². The molecular formula is C13H12N2O2. The van der Waals surface area contributed by atoms with Gasteiger partial charge in [-0.3, -0.25) is 4.79 Å². The maximum atomic E-state index is 11.6. The molecule has 4 heteroatoms. The van der Waals surface area contributed by atoms with Crippen LogP contribution in [0.5, 0.6) is 0 Å². The van der Waals surface area contributed by atoms with Gasteiger partial charge in [-0.2, -0.15) is 0 Å². The zero-order valence-corrected chi connectivity index (χ0v) is 9.51. The number of aryl methyl sites for hydroxylation is 1. The molecule has 17 heavy (non-hydrogen) atoms. The van der Waals surface area contributed by atoms with Crippen LogP contribution in [0, 0.1) is 0 Å². The molecule has 1 amide bonds. The number of rotatable bonds is 1. The summed E-state index contributed by atoms with van der Waals surface area (Å²) in [4.78, 5) is 13.3. The van der Waals surface area contributed by atoms with Gasteiger partial charge in [0.2, 0.25) is 5.91 Å². The van der Waals surface area contributed by atoms with E-state index >= 15 is 0 Å². The Morgan fingerprint density at radius 1 is 1.29 bits per heavy atom. The summed E-state index contributed by atoms with van der Waals surface area (Å²) < 4.78 is 5.13. The van der Waals surface area contributed by atoms with Crippen molar-refractivity contribution < 1.29 is 9.32 Å². The van der Waals surface area contributed by atoms with E-state index in [4.69, 9.17) is 4.52 Å². The lowest BCUT2D eigenvalue weighted by Gasteiger charge is -2.25. The average Bonchev–Trinajstić information content (AvgIpc) is 2.87. The molecule has 0 atom stereocenters. The smallest absolute Gasteiger partial charge is 0.227 e. The number of hydrogen-bond donors (Lipinski definition) is 0. The highest BCUT2D eigenvalue weighted by atomic mass is 16.5. The van der Waals surface area contributed by atoms with E-state index in [9.17, 15) is 4.79 Å². The average molecular weight is 228 g/mol. The molecule has 0 fully saturated rings. The number of carbonyl (C=O) groups is 1. The molecule has 0 unspecified atom stereocenters. The summed E-state index contributed by atoms with van der Waals surface area (Å²) in [7, 11) is 1.81. The molecule has 0 bridgehead atoms. The minimum Gasteiger partial charge on any atom is -0.356 e. The first-order chi connectivity index (χ1) is 8.25. The lowest BCUT2D eigenvalue weighted by molar-refractivity contribution is -0.118. The number of nitrogens with zero attached hydrogens (tertiary/aromatic N) is 2. The van der Waals surface area contributed by atoms with Gasteiger partial charge < -0.3 is 9.42 Å². The SMILES string of the molecule is CN1C(=O)CCc2cc(-c3ccno3)ccc21. The lowest BCUT2D eigenvalue weighted by Crippen LogP contribution is -2.30. The fraction of sp³-hybridized carbons (Fsp3) is 0.231. The van der Waals surface area contributed by atoms with Crippen LogP contribution in [-0.4, -0.2) is 18.1 Å². The van der Waals surface area contributed by atoms with Gasteiger partial charge in [0, 0.05) is 30.8 Å². The lowest BCUT2D eigenvalue weighted by atomic mass is 9.98. The summed E-state index contributed by atoms with van der Waals surface area (Å²) >= 11 is 0. The third kappa shape index (κ3) is 1.62. The maximum absolute atomic E-state index is 11.6. The Bertz CT molecular complexity index is 561. The molecule has 0 N–H and O–H groups in total. The Kier molecular flexibility index (Phi) is 2.21. The normalized spacial score (nSPS) is 14.9. The number of aromatic nitrogens is 1. The van der Waals surface area contributed by atoms with Crippen LogP contribution in [0.2, 0.25) is 0 Å². The van der Waals surface area contributed by atoms with Gasteiger partial charge in [0.25, 0.3) is 0 Å². The maximum Gasteiger partial charge on any atom is 0.227 e. The van der Waals surface area contributed by atoms with Crippen molar-refractivity contribution in [2.75, 3.05) is 11.9 Å². The highest BCUT2D eigenvalue weighted by molar-refractivity contribution is 5.96. The third-order valence-corrected chi connectivity index (χ3v) is 3.15. The number of fused-ring (bicyclic) bond motifs is 1. The second-order valence-electron chi connectivity index (χ2n) is 4.17.